The third kappa shape index (κ3) is 15.4. The topological polar surface area (TPSA) is 118 Å². The van der Waals surface area contributed by atoms with Crippen LogP contribution in [0.4, 0.5) is 0 Å². The van der Waals surface area contributed by atoms with E-state index in [1.165, 1.54) is 70.6 Å². The van der Waals surface area contributed by atoms with Gasteiger partial charge >= 0.3 is 5.84 Å². The Hall–Kier alpha value is -1.29. The molecule has 0 aliphatic carbocycles. The molecule has 1 aliphatic heterocycles. The molecule has 0 saturated heterocycles. The Morgan fingerprint density at radius 3 is 2.11 bits per heavy atom. The van der Waals surface area contributed by atoms with Crippen LogP contribution < -0.4 is 0 Å². The molecule has 8 nitrogen and oxygen atoms in total. The summed E-state index contributed by atoms with van der Waals surface area (Å²) in [7, 11) is -4.30. The van der Waals surface area contributed by atoms with Crippen molar-refractivity contribution in [2.24, 2.45) is 0 Å². The van der Waals surface area contributed by atoms with Crippen molar-refractivity contribution in [3.63, 3.8) is 0 Å². The molecule has 0 amide bonds. The molecule has 9 heteroatoms. The van der Waals surface area contributed by atoms with Gasteiger partial charge in [-0.2, -0.15) is 8.42 Å². The maximum atomic E-state index is 12.8. The van der Waals surface area contributed by atoms with Crippen LogP contribution in [-0.4, -0.2) is 88.9 Å². The van der Waals surface area contributed by atoms with Crippen molar-refractivity contribution in [2.75, 3.05) is 38.5 Å². The van der Waals surface area contributed by atoms with E-state index in [0.29, 0.717) is 25.5 Å². The Balaban J connectivity index is 2.30. The van der Waals surface area contributed by atoms with Crippen molar-refractivity contribution < 1.29 is 32.6 Å². The lowest BCUT2D eigenvalue weighted by atomic mass is 10.0. The summed E-state index contributed by atoms with van der Waals surface area (Å²) in [4.78, 5) is 14.6. The first-order valence-corrected chi connectivity index (χ1v) is 15.2. The van der Waals surface area contributed by atoms with Crippen molar-refractivity contribution in [3.8, 4) is 0 Å². The van der Waals surface area contributed by atoms with Crippen molar-refractivity contribution in [2.45, 2.75) is 103 Å². The largest absolute Gasteiger partial charge is 0.392 e. The Labute approximate surface area is 212 Å². The van der Waals surface area contributed by atoms with Gasteiger partial charge in [0.15, 0.2) is 0 Å². The van der Waals surface area contributed by atoms with Crippen molar-refractivity contribution >= 4 is 21.7 Å². The van der Waals surface area contributed by atoms with Crippen LogP contribution in [-0.2, 0) is 14.9 Å². The van der Waals surface area contributed by atoms with E-state index in [1.807, 2.05) is 12.2 Å². The zero-order valence-electron chi connectivity index (χ0n) is 21.7. The molecule has 0 aromatic rings. The number of hydrogen-bond acceptors (Lipinski definition) is 6. The highest BCUT2D eigenvalue weighted by Crippen LogP contribution is 2.13. The third-order valence-electron chi connectivity index (χ3n) is 6.39. The number of carbonyl (C=O) groups excluding carboxylic acids is 1. The van der Waals surface area contributed by atoms with Gasteiger partial charge in [-0.25, -0.2) is 0 Å². The van der Waals surface area contributed by atoms with Gasteiger partial charge in [-0.15, -0.1) is 0 Å². The number of amidine groups is 1. The summed E-state index contributed by atoms with van der Waals surface area (Å²) in [6.45, 7) is 3.35. The van der Waals surface area contributed by atoms with Crippen molar-refractivity contribution in [3.05, 3.63) is 12.2 Å². The molecule has 3 N–H and O–H groups in total. The molecule has 35 heavy (non-hydrogen) atoms. The van der Waals surface area contributed by atoms with E-state index in [9.17, 15) is 23.4 Å². The summed E-state index contributed by atoms with van der Waals surface area (Å²) in [5.74, 6) is -0.506. The standard InChI is InChI=1S/C26H48N2O6S/c1-2-3-4-5-6-7-8-9-10-11-12-13-14-15-16-17-25(31)26-27(20-21-29)18-19-28(26)22-24(30)23-35(32,33)34/h15-16,24,29-30H,2-14,17-23H2,1H3/p+1/b16-15+. The summed E-state index contributed by atoms with van der Waals surface area (Å²) in [6, 6.07) is 0. The highest BCUT2D eigenvalue weighted by Gasteiger charge is 2.36. The van der Waals surface area contributed by atoms with E-state index in [4.69, 9.17) is 4.55 Å². The molecular formula is C26H49N2O6S+. The van der Waals surface area contributed by atoms with Crippen LogP contribution in [0.15, 0.2) is 12.2 Å². The van der Waals surface area contributed by atoms with Gasteiger partial charge in [0.1, 0.15) is 38.0 Å². The van der Waals surface area contributed by atoms with Gasteiger partial charge in [0.25, 0.3) is 10.1 Å². The first kappa shape index (κ1) is 31.7. The minimum atomic E-state index is -4.30. The Morgan fingerprint density at radius 1 is 1.00 bits per heavy atom. The van der Waals surface area contributed by atoms with E-state index >= 15 is 0 Å². The molecule has 0 fully saturated rings. The quantitative estimate of drug-likeness (QED) is 0.0870. The van der Waals surface area contributed by atoms with Crippen LogP contribution in [0, 0.1) is 0 Å². The predicted octanol–water partition coefficient (Wildman–Crippen LogP) is 3.56. The zero-order chi connectivity index (χ0) is 25.9. The number of allylic oxidation sites excluding steroid dienone is 2. The van der Waals surface area contributed by atoms with Crippen LogP contribution in [0.1, 0.15) is 96.8 Å². The summed E-state index contributed by atoms with van der Waals surface area (Å²) in [5.41, 5.74) is 0. The molecular weight excluding hydrogens is 468 g/mol. The highest BCUT2D eigenvalue weighted by atomic mass is 32.2. The molecule has 1 aliphatic rings. The number of Topliss-reactive ketones (excluding diaryl/α,β-unsaturated/α-hetero) is 1. The third-order valence-corrected chi connectivity index (χ3v) is 7.19. The smallest absolute Gasteiger partial charge is 0.316 e. The molecule has 0 bridgehead atoms. The second-order valence-corrected chi connectivity index (χ2v) is 11.2. The number of nitrogens with zero attached hydrogens (tertiary/aromatic N) is 2. The first-order valence-electron chi connectivity index (χ1n) is 13.6. The van der Waals surface area contributed by atoms with Crippen LogP contribution >= 0.6 is 0 Å². The van der Waals surface area contributed by atoms with Gasteiger partial charge in [0.2, 0.25) is 5.78 Å². The number of aliphatic hydroxyl groups excluding tert-OH is 2. The fourth-order valence-electron chi connectivity index (χ4n) is 4.58. The molecule has 0 aromatic carbocycles. The number of unbranched alkanes of at least 4 members (excludes halogenated alkanes) is 12. The number of ketones is 1. The Kier molecular flexibility index (Phi) is 17.1. The van der Waals surface area contributed by atoms with Gasteiger partial charge in [-0.05, 0) is 12.8 Å². The van der Waals surface area contributed by atoms with E-state index in [1.54, 1.807) is 9.48 Å². The lowest BCUT2D eigenvalue weighted by Gasteiger charge is -2.12. The number of rotatable bonds is 22. The summed E-state index contributed by atoms with van der Waals surface area (Å²) < 4.78 is 32.6. The van der Waals surface area contributed by atoms with E-state index in [2.05, 4.69) is 6.92 Å². The zero-order valence-corrected chi connectivity index (χ0v) is 22.6. The molecule has 0 aromatic heterocycles. The van der Waals surface area contributed by atoms with E-state index in [-0.39, 0.29) is 25.4 Å². The van der Waals surface area contributed by atoms with Crippen molar-refractivity contribution in [1.82, 2.24) is 4.90 Å². The lowest BCUT2D eigenvalue weighted by Crippen LogP contribution is -2.40. The molecule has 1 rings (SSSR count). The van der Waals surface area contributed by atoms with Gasteiger partial charge in [0, 0.05) is 6.42 Å². The highest BCUT2D eigenvalue weighted by molar-refractivity contribution is 7.85. The number of hydrogen-bond donors (Lipinski definition) is 3. The molecule has 1 heterocycles. The Bertz CT molecular complexity index is 751. The van der Waals surface area contributed by atoms with Crippen LogP contribution in [0.25, 0.3) is 0 Å². The van der Waals surface area contributed by atoms with Crippen LogP contribution in [0.2, 0.25) is 0 Å². The molecule has 1 atom stereocenters. The minimum Gasteiger partial charge on any atom is -0.392 e. The molecule has 0 radical (unpaired) electrons. The number of β-amino-alcohol motifs (C(OH)–C–C–N with tert-alkyl or cyclic N) is 2. The van der Waals surface area contributed by atoms with Crippen molar-refractivity contribution in [1.29, 1.82) is 0 Å². The molecule has 0 spiro atoms. The minimum absolute atomic E-state index is 0.0641. The summed E-state index contributed by atoms with van der Waals surface area (Å²) in [5, 5.41) is 19.3. The second kappa shape index (κ2) is 18.9. The van der Waals surface area contributed by atoms with Gasteiger partial charge < -0.3 is 10.2 Å². The molecule has 1 unspecified atom stereocenters. The monoisotopic (exact) mass is 517 g/mol. The van der Waals surface area contributed by atoms with Gasteiger partial charge in [-0.3, -0.25) is 18.8 Å². The fourth-order valence-corrected chi connectivity index (χ4v) is 5.17. The fraction of sp³-hybridized carbons (Fsp3) is 0.846. The molecule has 204 valence electrons. The van der Waals surface area contributed by atoms with E-state index in [0.717, 1.165) is 12.8 Å². The number of aliphatic hydroxyl groups is 2. The predicted molar refractivity (Wildman–Crippen MR) is 141 cm³/mol. The summed E-state index contributed by atoms with van der Waals surface area (Å²) in [6.07, 6.45) is 19.5. The maximum absolute atomic E-state index is 12.8. The first-order chi connectivity index (χ1) is 16.8. The maximum Gasteiger partial charge on any atom is 0.316 e. The van der Waals surface area contributed by atoms with Gasteiger partial charge in [0.05, 0.1) is 6.61 Å². The average Bonchev–Trinajstić information content (AvgIpc) is 3.17. The van der Waals surface area contributed by atoms with Gasteiger partial charge in [-0.1, -0.05) is 89.7 Å². The SMILES string of the molecule is CCCCCCCCCCCCCC/C=C/CC(=O)C1=[N+](CC(O)CS(=O)(=O)O)CCN1CCO. The average molecular weight is 518 g/mol. The van der Waals surface area contributed by atoms with E-state index < -0.39 is 22.0 Å². The molecule has 0 saturated carbocycles. The van der Waals surface area contributed by atoms with Crippen LogP contribution in [0.3, 0.4) is 0 Å². The number of carbonyl (C=O) groups is 1. The Morgan fingerprint density at radius 2 is 1.57 bits per heavy atom. The summed E-state index contributed by atoms with van der Waals surface area (Å²) >= 11 is 0. The normalized spacial score (nSPS) is 15.5. The second-order valence-electron chi connectivity index (χ2n) is 9.66. The van der Waals surface area contributed by atoms with Crippen LogP contribution in [0.5, 0.6) is 0 Å². The lowest BCUT2D eigenvalue weighted by molar-refractivity contribution is -0.525.